The lowest BCUT2D eigenvalue weighted by atomic mass is 10.2. The van der Waals surface area contributed by atoms with Crippen molar-refractivity contribution in [3.8, 4) is 0 Å². The van der Waals surface area contributed by atoms with Crippen LogP contribution in [0, 0.1) is 6.92 Å². The van der Waals surface area contributed by atoms with E-state index in [9.17, 15) is 4.79 Å². The Bertz CT molecular complexity index is 378. The minimum absolute atomic E-state index is 0.0409. The first-order valence-electron chi connectivity index (χ1n) is 5.13. The number of carbonyl (C=O) groups is 1. The van der Waals surface area contributed by atoms with Crippen LogP contribution in [0.25, 0.3) is 0 Å². The molecule has 0 spiro atoms. The molecule has 2 heterocycles. The molecule has 0 aromatic carbocycles. The zero-order valence-corrected chi connectivity index (χ0v) is 8.81. The molecule has 80 valence electrons. The number of nitrogens with zero attached hydrogens (tertiary/aromatic N) is 2. The van der Waals surface area contributed by atoms with Crippen LogP contribution in [0.3, 0.4) is 0 Å². The van der Waals surface area contributed by atoms with Crippen LogP contribution in [0.1, 0.15) is 22.3 Å². The minimum atomic E-state index is 0.0409. The molecule has 0 saturated carbocycles. The van der Waals surface area contributed by atoms with E-state index in [-0.39, 0.29) is 11.9 Å². The van der Waals surface area contributed by atoms with Gasteiger partial charge in [-0.2, -0.15) is 0 Å². The normalized spacial score (nSPS) is 20.7. The molecule has 1 aliphatic heterocycles. The summed E-state index contributed by atoms with van der Waals surface area (Å²) < 4.78 is 0. The van der Waals surface area contributed by atoms with Crippen LogP contribution >= 0.6 is 0 Å². The molecule has 1 aliphatic rings. The van der Waals surface area contributed by atoms with Gasteiger partial charge in [-0.1, -0.05) is 0 Å². The summed E-state index contributed by atoms with van der Waals surface area (Å²) in [5.74, 6) is 0.0409. The number of nitrogens with two attached hydrogens (primary N) is 1. The van der Waals surface area contributed by atoms with Crippen LogP contribution in [0.2, 0.25) is 0 Å². The lowest BCUT2D eigenvalue weighted by molar-refractivity contribution is 0.0790. The smallest absolute Gasteiger partial charge is 0.255 e. The van der Waals surface area contributed by atoms with E-state index in [1.165, 1.54) is 0 Å². The van der Waals surface area contributed by atoms with Gasteiger partial charge >= 0.3 is 0 Å². The highest BCUT2D eigenvalue weighted by molar-refractivity contribution is 5.94. The molecule has 1 amide bonds. The number of likely N-dealkylation sites (tertiary alicyclic amines) is 1. The Morgan fingerprint density at radius 2 is 2.40 bits per heavy atom. The largest absolute Gasteiger partial charge is 0.337 e. The fraction of sp³-hybridized carbons (Fsp3) is 0.455. The van der Waals surface area contributed by atoms with E-state index in [4.69, 9.17) is 5.73 Å². The molecule has 1 saturated heterocycles. The lowest BCUT2D eigenvalue weighted by Gasteiger charge is -2.15. The average molecular weight is 205 g/mol. The molecule has 0 unspecified atom stereocenters. The second kappa shape index (κ2) is 3.98. The molecule has 2 N–H and O–H groups in total. The van der Waals surface area contributed by atoms with Crippen LogP contribution < -0.4 is 5.73 Å². The van der Waals surface area contributed by atoms with Crippen LogP contribution in [0.15, 0.2) is 18.5 Å². The summed E-state index contributed by atoms with van der Waals surface area (Å²) in [7, 11) is 0. The summed E-state index contributed by atoms with van der Waals surface area (Å²) >= 11 is 0. The molecular weight excluding hydrogens is 190 g/mol. The number of hydrogen-bond acceptors (Lipinski definition) is 3. The summed E-state index contributed by atoms with van der Waals surface area (Å²) in [5, 5.41) is 0. The van der Waals surface area contributed by atoms with Crippen LogP contribution in [0.4, 0.5) is 0 Å². The second-order valence-electron chi connectivity index (χ2n) is 4.05. The Labute approximate surface area is 89.1 Å². The Morgan fingerprint density at radius 3 is 3.00 bits per heavy atom. The van der Waals surface area contributed by atoms with E-state index in [0.29, 0.717) is 12.1 Å². The van der Waals surface area contributed by atoms with Crippen molar-refractivity contribution >= 4 is 5.91 Å². The quantitative estimate of drug-likeness (QED) is 0.729. The molecular formula is C11H15N3O. The first-order chi connectivity index (χ1) is 7.16. The first kappa shape index (κ1) is 10.1. The van der Waals surface area contributed by atoms with Gasteiger partial charge in [-0.15, -0.1) is 0 Å². The van der Waals surface area contributed by atoms with Crippen molar-refractivity contribution in [1.29, 1.82) is 0 Å². The Kier molecular flexibility index (Phi) is 2.68. The van der Waals surface area contributed by atoms with Gasteiger partial charge in [0, 0.05) is 31.5 Å². The third-order valence-electron chi connectivity index (χ3n) is 2.63. The Morgan fingerprint density at radius 1 is 1.60 bits per heavy atom. The topological polar surface area (TPSA) is 59.2 Å². The lowest BCUT2D eigenvalue weighted by Crippen LogP contribution is -2.31. The van der Waals surface area contributed by atoms with Crippen molar-refractivity contribution in [1.82, 2.24) is 9.88 Å². The number of aryl methyl sites for hydroxylation is 1. The SMILES string of the molecule is Cc1cncc(C(=O)N2CC[C@@H](N)C2)c1. The summed E-state index contributed by atoms with van der Waals surface area (Å²) in [6, 6.07) is 1.99. The highest BCUT2D eigenvalue weighted by Gasteiger charge is 2.24. The standard InChI is InChI=1S/C11H15N3O/c1-8-4-9(6-13-5-8)11(15)14-3-2-10(12)7-14/h4-6,10H,2-3,7,12H2,1H3/t10-/m1/s1. The summed E-state index contributed by atoms with van der Waals surface area (Å²) in [4.78, 5) is 17.8. The van der Waals surface area contributed by atoms with Gasteiger partial charge < -0.3 is 10.6 Å². The molecule has 15 heavy (non-hydrogen) atoms. The molecule has 2 rings (SSSR count). The maximum atomic E-state index is 12.0. The predicted octanol–water partition coefficient (Wildman–Crippen LogP) is 0.563. The highest BCUT2D eigenvalue weighted by Crippen LogP contribution is 2.12. The number of carbonyl (C=O) groups excluding carboxylic acids is 1. The number of aromatic nitrogens is 1. The molecule has 0 bridgehead atoms. The molecule has 0 aliphatic carbocycles. The van der Waals surface area contributed by atoms with Crippen LogP contribution in [-0.4, -0.2) is 34.9 Å². The third-order valence-corrected chi connectivity index (χ3v) is 2.63. The van der Waals surface area contributed by atoms with E-state index in [1.807, 2.05) is 13.0 Å². The van der Waals surface area contributed by atoms with E-state index < -0.39 is 0 Å². The number of amides is 1. The molecule has 0 radical (unpaired) electrons. The average Bonchev–Trinajstić information content (AvgIpc) is 2.64. The van der Waals surface area contributed by atoms with Gasteiger partial charge in [0.2, 0.25) is 0 Å². The van der Waals surface area contributed by atoms with Crippen molar-refractivity contribution in [2.45, 2.75) is 19.4 Å². The van der Waals surface area contributed by atoms with Gasteiger partial charge in [0.25, 0.3) is 5.91 Å². The van der Waals surface area contributed by atoms with Crippen LogP contribution in [0.5, 0.6) is 0 Å². The van der Waals surface area contributed by atoms with Gasteiger partial charge in [-0.25, -0.2) is 0 Å². The minimum Gasteiger partial charge on any atom is -0.337 e. The second-order valence-corrected chi connectivity index (χ2v) is 4.05. The molecule has 4 heteroatoms. The van der Waals surface area contributed by atoms with E-state index >= 15 is 0 Å². The maximum absolute atomic E-state index is 12.0. The van der Waals surface area contributed by atoms with Crippen molar-refractivity contribution < 1.29 is 4.79 Å². The van der Waals surface area contributed by atoms with Crippen molar-refractivity contribution in [2.24, 2.45) is 5.73 Å². The highest BCUT2D eigenvalue weighted by atomic mass is 16.2. The van der Waals surface area contributed by atoms with E-state index in [1.54, 1.807) is 17.3 Å². The van der Waals surface area contributed by atoms with Gasteiger partial charge in [-0.05, 0) is 25.0 Å². The summed E-state index contributed by atoms with van der Waals surface area (Å²) in [6.07, 6.45) is 4.25. The fourth-order valence-electron chi connectivity index (χ4n) is 1.83. The fourth-order valence-corrected chi connectivity index (χ4v) is 1.83. The van der Waals surface area contributed by atoms with E-state index in [2.05, 4.69) is 4.98 Å². The van der Waals surface area contributed by atoms with Crippen molar-refractivity contribution in [2.75, 3.05) is 13.1 Å². The van der Waals surface area contributed by atoms with Crippen molar-refractivity contribution in [3.63, 3.8) is 0 Å². The number of pyridine rings is 1. The van der Waals surface area contributed by atoms with Gasteiger partial charge in [0.1, 0.15) is 0 Å². The molecule has 1 aromatic rings. The number of hydrogen-bond donors (Lipinski definition) is 1. The third kappa shape index (κ3) is 2.15. The Hall–Kier alpha value is -1.42. The first-order valence-corrected chi connectivity index (χ1v) is 5.13. The zero-order valence-electron chi connectivity index (χ0n) is 8.81. The van der Waals surface area contributed by atoms with Gasteiger partial charge in [0.05, 0.1) is 5.56 Å². The molecule has 1 fully saturated rings. The molecule has 1 aromatic heterocycles. The predicted molar refractivity (Wildman–Crippen MR) is 57.5 cm³/mol. The Balaban J connectivity index is 2.14. The zero-order chi connectivity index (χ0) is 10.8. The van der Waals surface area contributed by atoms with Gasteiger partial charge in [-0.3, -0.25) is 9.78 Å². The maximum Gasteiger partial charge on any atom is 0.255 e. The molecule has 4 nitrogen and oxygen atoms in total. The van der Waals surface area contributed by atoms with Gasteiger partial charge in [0.15, 0.2) is 0 Å². The summed E-state index contributed by atoms with van der Waals surface area (Å²) in [5.41, 5.74) is 7.42. The van der Waals surface area contributed by atoms with Crippen LogP contribution in [-0.2, 0) is 0 Å². The summed E-state index contributed by atoms with van der Waals surface area (Å²) in [6.45, 7) is 3.35. The van der Waals surface area contributed by atoms with Crippen molar-refractivity contribution in [3.05, 3.63) is 29.6 Å². The monoisotopic (exact) mass is 205 g/mol. The van der Waals surface area contributed by atoms with E-state index in [0.717, 1.165) is 18.5 Å². The molecule has 1 atom stereocenters. The number of rotatable bonds is 1.